The van der Waals surface area contributed by atoms with Crippen LogP contribution in [0.1, 0.15) is 0 Å². The summed E-state index contributed by atoms with van der Waals surface area (Å²) < 4.78 is 0. The molecule has 8 nitrogen and oxygen atoms in total. The van der Waals surface area contributed by atoms with E-state index in [4.69, 9.17) is 19.9 Å². The van der Waals surface area contributed by atoms with Gasteiger partial charge in [-0.15, -0.1) is 0 Å². The fourth-order valence-electron chi connectivity index (χ4n) is 16.7. The minimum Gasteiger partial charge on any atom is -0.254 e. The zero-order chi connectivity index (χ0) is 72.3. The van der Waals surface area contributed by atoms with E-state index in [0.717, 1.165) is 177 Å². The number of hydrogen-bond acceptors (Lipinski definition) is 8. The molecule has 0 aliphatic rings. The van der Waals surface area contributed by atoms with Gasteiger partial charge in [0.2, 0.25) is 0 Å². The maximum absolute atomic E-state index is 5.18. The minimum absolute atomic E-state index is 0.922. The zero-order valence-corrected chi connectivity index (χ0v) is 59.2. The fourth-order valence-corrected chi connectivity index (χ4v) is 16.7. The van der Waals surface area contributed by atoms with E-state index < -0.39 is 0 Å². The summed E-state index contributed by atoms with van der Waals surface area (Å²) in [6.45, 7) is 0. The van der Waals surface area contributed by atoms with Crippen molar-refractivity contribution in [2.75, 3.05) is 0 Å². The molecule has 0 unspecified atom stereocenters. The average molecular weight is 1400 g/mol. The van der Waals surface area contributed by atoms with Gasteiger partial charge in [0.1, 0.15) is 0 Å². The van der Waals surface area contributed by atoms with Crippen LogP contribution in [0.5, 0.6) is 0 Å². The molecule has 8 heterocycles. The molecule has 8 aromatic heterocycles. The molecule has 0 atom stereocenters. The summed E-state index contributed by atoms with van der Waals surface area (Å²) in [5, 5.41) is 21.4. The Balaban J connectivity index is 0.000000136. The van der Waals surface area contributed by atoms with Crippen LogP contribution in [0.25, 0.3) is 231 Å². The summed E-state index contributed by atoms with van der Waals surface area (Å²) >= 11 is 0. The van der Waals surface area contributed by atoms with Crippen molar-refractivity contribution in [1.82, 2.24) is 39.9 Å². The van der Waals surface area contributed by atoms with Crippen LogP contribution in [0, 0.1) is 0 Å². The van der Waals surface area contributed by atoms with E-state index >= 15 is 0 Å². The Labute approximate surface area is 631 Å². The Morgan fingerprint density at radius 3 is 1.01 bits per heavy atom. The van der Waals surface area contributed by atoms with Gasteiger partial charge in [0.05, 0.1) is 66.9 Å². The molecular formula is C102H60N8. The van der Waals surface area contributed by atoms with Gasteiger partial charge in [-0.2, -0.15) is 0 Å². The van der Waals surface area contributed by atoms with Crippen molar-refractivity contribution in [3.63, 3.8) is 0 Å². The fraction of sp³-hybridized carbons (Fsp3) is 0. The van der Waals surface area contributed by atoms with Crippen LogP contribution < -0.4 is 0 Å². The third-order valence-corrected chi connectivity index (χ3v) is 22.2. The van der Waals surface area contributed by atoms with Crippen LogP contribution in [0.3, 0.4) is 0 Å². The Morgan fingerprint density at radius 2 is 0.500 bits per heavy atom. The molecule has 0 saturated carbocycles. The second-order valence-electron chi connectivity index (χ2n) is 28.5. The molecular weight excluding hydrogens is 1340 g/mol. The standard InChI is InChI=1S/C52H30N4.C50H30N4/c1-4-33-12-13-35-14-20-41(42-21-15-34(5-1)49(33)50(35)42)48-25-19-39-29-37(17-23-47(39)56-48)36-16-22-46-38(28-36)18-24-45(55-46)32-10-8-31(9-11-32)44-30-40-6-2-26-53-51(40)52-43(44)7-3-27-54-52;1-2-9-39-35(7-1)29-44(41-11-4-3-10-40(39)41)48-24-20-37-28-34(18-22-47(37)54-48)33-17-21-46-36(27-33)19-23-45(53-46)32-15-13-31(14-16-32)43-30-38-8-5-25-51-49(38)50-42(43)12-6-26-52-50/h1-30H;1-30H. The maximum Gasteiger partial charge on any atom is 0.0970 e. The molecule has 0 bridgehead atoms. The zero-order valence-electron chi connectivity index (χ0n) is 59.2. The molecule has 23 rings (SSSR count). The third-order valence-electron chi connectivity index (χ3n) is 22.2. The Kier molecular flexibility index (Phi) is 14.5. The highest BCUT2D eigenvalue weighted by molar-refractivity contribution is 6.26. The van der Waals surface area contributed by atoms with Gasteiger partial charge in [-0.3, -0.25) is 19.9 Å². The summed E-state index contributed by atoms with van der Waals surface area (Å²) in [5.41, 5.74) is 25.1. The summed E-state index contributed by atoms with van der Waals surface area (Å²) in [7, 11) is 0. The molecule has 8 heteroatoms. The first-order valence-corrected chi connectivity index (χ1v) is 37.1. The molecule has 23 aromatic rings. The predicted octanol–water partition coefficient (Wildman–Crippen LogP) is 26.3. The first-order chi connectivity index (χ1) is 54.4. The van der Waals surface area contributed by atoms with Gasteiger partial charge in [-0.05, 0) is 214 Å². The van der Waals surface area contributed by atoms with Crippen LogP contribution in [0.4, 0.5) is 0 Å². The molecule has 15 aromatic carbocycles. The van der Waals surface area contributed by atoms with Crippen molar-refractivity contribution in [3.8, 4) is 89.5 Å². The van der Waals surface area contributed by atoms with E-state index in [1.807, 2.05) is 49.1 Å². The van der Waals surface area contributed by atoms with Crippen molar-refractivity contribution in [1.29, 1.82) is 0 Å². The van der Waals surface area contributed by atoms with Crippen LogP contribution >= 0.6 is 0 Å². The Hall–Kier alpha value is -14.9. The summed E-state index contributed by atoms with van der Waals surface area (Å²) in [6, 6.07) is 121. The molecule has 508 valence electrons. The lowest BCUT2D eigenvalue weighted by Crippen LogP contribution is -1.90. The van der Waals surface area contributed by atoms with Crippen LogP contribution in [-0.4, -0.2) is 39.9 Å². The van der Waals surface area contributed by atoms with E-state index in [9.17, 15) is 0 Å². The van der Waals surface area contributed by atoms with Crippen LogP contribution in [-0.2, 0) is 0 Å². The molecule has 0 N–H and O–H groups in total. The number of fused-ring (bicyclic) bond motifs is 13. The highest BCUT2D eigenvalue weighted by Gasteiger charge is 2.19. The van der Waals surface area contributed by atoms with Gasteiger partial charge in [-0.1, -0.05) is 224 Å². The second-order valence-corrected chi connectivity index (χ2v) is 28.5. The van der Waals surface area contributed by atoms with Crippen LogP contribution in [0.2, 0.25) is 0 Å². The number of pyridine rings is 8. The van der Waals surface area contributed by atoms with E-state index in [0.29, 0.717) is 0 Å². The smallest absolute Gasteiger partial charge is 0.0970 e. The van der Waals surface area contributed by atoms with Crippen LogP contribution in [0.15, 0.2) is 365 Å². The van der Waals surface area contributed by atoms with E-state index in [1.165, 1.54) is 53.9 Å². The first kappa shape index (κ1) is 62.5. The molecule has 0 fully saturated rings. The summed E-state index contributed by atoms with van der Waals surface area (Å²) in [6.07, 6.45) is 7.32. The summed E-state index contributed by atoms with van der Waals surface area (Å²) in [5.74, 6) is 0. The highest BCUT2D eigenvalue weighted by atomic mass is 14.7. The molecule has 0 aliphatic carbocycles. The van der Waals surface area contributed by atoms with Crippen molar-refractivity contribution < 1.29 is 0 Å². The van der Waals surface area contributed by atoms with E-state index in [-0.39, 0.29) is 0 Å². The first-order valence-electron chi connectivity index (χ1n) is 37.1. The van der Waals surface area contributed by atoms with Gasteiger partial charge in [0, 0.05) is 90.1 Å². The van der Waals surface area contributed by atoms with Gasteiger partial charge in [0.25, 0.3) is 0 Å². The Morgan fingerprint density at radius 1 is 0.155 bits per heavy atom. The van der Waals surface area contributed by atoms with Gasteiger partial charge in [-0.25, -0.2) is 19.9 Å². The highest BCUT2D eigenvalue weighted by Crippen LogP contribution is 2.43. The lowest BCUT2D eigenvalue weighted by molar-refractivity contribution is 1.37. The minimum atomic E-state index is 0.922. The average Bonchev–Trinajstić information content (AvgIpc) is 0.732. The quantitative estimate of drug-likeness (QED) is 0.139. The Bertz CT molecular complexity index is 7710. The monoisotopic (exact) mass is 1400 g/mol. The largest absolute Gasteiger partial charge is 0.254 e. The van der Waals surface area contributed by atoms with E-state index in [1.54, 1.807) is 0 Å². The number of aromatic nitrogens is 8. The molecule has 0 spiro atoms. The number of hydrogen-bond donors (Lipinski definition) is 0. The predicted molar refractivity (Wildman–Crippen MR) is 457 cm³/mol. The van der Waals surface area contributed by atoms with Gasteiger partial charge < -0.3 is 0 Å². The van der Waals surface area contributed by atoms with Crippen molar-refractivity contribution >= 4 is 141 Å². The van der Waals surface area contributed by atoms with Gasteiger partial charge >= 0.3 is 0 Å². The lowest BCUT2D eigenvalue weighted by Gasteiger charge is -2.14. The molecule has 110 heavy (non-hydrogen) atoms. The number of rotatable bonds is 8. The SMILES string of the molecule is c1ccc2c(c1)cc(-c1ccc3cc(-c4ccc5nc(-c6ccc(-c7cc8cccnc8c8ncccc78)cc6)ccc5c4)ccc3n1)c1ccccc12.c1cnc2c(c1)cc(-c1ccc(-c3ccc4cc(-c5ccc6nc(-c7ccc8ccc9cccc%10ccc7c8c9%10)ccc6c5)ccc4n3)cc1)c1cccnc12. The third kappa shape index (κ3) is 10.7. The summed E-state index contributed by atoms with van der Waals surface area (Å²) in [4.78, 5) is 39.1. The molecule has 0 saturated heterocycles. The lowest BCUT2D eigenvalue weighted by atomic mass is 9.91. The normalized spacial score (nSPS) is 11.8. The van der Waals surface area contributed by atoms with Gasteiger partial charge in [0.15, 0.2) is 0 Å². The van der Waals surface area contributed by atoms with Crippen molar-refractivity contribution in [3.05, 3.63) is 365 Å². The number of nitrogens with zero attached hydrogens (tertiary/aromatic N) is 8. The van der Waals surface area contributed by atoms with Crippen molar-refractivity contribution in [2.24, 2.45) is 0 Å². The topological polar surface area (TPSA) is 103 Å². The molecule has 0 radical (unpaired) electrons. The maximum atomic E-state index is 5.18. The molecule has 0 amide bonds. The second kappa shape index (κ2) is 25.4. The van der Waals surface area contributed by atoms with E-state index in [2.05, 4.69) is 335 Å². The number of benzene rings is 15. The van der Waals surface area contributed by atoms with Crippen molar-refractivity contribution in [2.45, 2.75) is 0 Å². The molecule has 0 aliphatic heterocycles.